The Balaban J connectivity index is 3.28. The number of rotatable bonds is 1. The summed E-state index contributed by atoms with van der Waals surface area (Å²) in [4.78, 5) is 34.5. The molecule has 0 unspecified atom stereocenters. The molecule has 0 spiro atoms. The lowest BCUT2D eigenvalue weighted by Crippen LogP contribution is -2.32. The minimum Gasteiger partial charge on any atom is -0.274 e. The first-order chi connectivity index (χ1) is 5.65. The van der Waals surface area contributed by atoms with E-state index in [1.54, 1.807) is 6.92 Å². The highest BCUT2D eigenvalue weighted by Crippen LogP contribution is 1.82. The van der Waals surface area contributed by atoms with Crippen LogP contribution in [-0.2, 0) is 0 Å². The Bertz CT molecular complexity index is 402. The van der Waals surface area contributed by atoms with Crippen molar-refractivity contribution in [2.24, 2.45) is 0 Å². The van der Waals surface area contributed by atoms with E-state index in [0.717, 1.165) is 10.6 Å². The molecular weight excluding hydrogens is 160 g/mol. The number of H-pyrrole nitrogens is 1. The molecule has 0 aliphatic rings. The molecule has 0 saturated heterocycles. The Morgan fingerprint density at radius 2 is 2.25 bits per heavy atom. The van der Waals surface area contributed by atoms with Crippen LogP contribution in [0.1, 0.15) is 18.1 Å². The number of hydrogen-bond acceptors (Lipinski definition) is 3. The molecule has 1 heterocycles. The van der Waals surface area contributed by atoms with Crippen molar-refractivity contribution < 1.29 is 4.79 Å². The van der Waals surface area contributed by atoms with Crippen molar-refractivity contribution in [1.82, 2.24) is 9.55 Å². The van der Waals surface area contributed by atoms with Crippen LogP contribution in [0.2, 0.25) is 0 Å². The van der Waals surface area contributed by atoms with Crippen LogP contribution in [0.15, 0.2) is 21.9 Å². The molecule has 5 heteroatoms. The number of nitrogens with one attached hydrogen (secondary N) is 1. The molecule has 0 aromatic carbocycles. The van der Waals surface area contributed by atoms with E-state index in [0.29, 0.717) is 0 Å². The zero-order valence-corrected chi connectivity index (χ0v) is 6.53. The second kappa shape index (κ2) is 3.17. The molecule has 1 aromatic heterocycles. The van der Waals surface area contributed by atoms with Crippen LogP contribution in [0.3, 0.4) is 0 Å². The Labute approximate surface area is 67.7 Å². The molecule has 1 rings (SSSR count). The van der Waals surface area contributed by atoms with Gasteiger partial charge in [-0.25, -0.2) is 9.36 Å². The van der Waals surface area contributed by atoms with Crippen LogP contribution >= 0.6 is 0 Å². The summed E-state index contributed by atoms with van der Waals surface area (Å²) in [6.45, 7) is 1.64. The minimum absolute atomic E-state index is 0.228. The first kappa shape index (κ1) is 8.45. The van der Waals surface area contributed by atoms with Crippen LogP contribution in [0.25, 0.3) is 0 Å². The molecular formula is C7H8N2O3. The van der Waals surface area contributed by atoms with Crippen molar-refractivity contribution in [1.29, 1.82) is 0 Å². The number of hydrogen-bond donors (Lipinski definition) is 1. The third-order valence-corrected chi connectivity index (χ3v) is 1.40. The monoisotopic (exact) mass is 168 g/mol. The lowest BCUT2D eigenvalue weighted by atomic mass is 10.4. The fourth-order valence-corrected chi connectivity index (χ4v) is 0.784. The summed E-state index contributed by atoms with van der Waals surface area (Å²) in [7, 11) is 0. The van der Waals surface area contributed by atoms with Gasteiger partial charge in [-0.05, 0) is 0 Å². The van der Waals surface area contributed by atoms with Crippen molar-refractivity contribution in [2.75, 3.05) is 0 Å². The summed E-state index contributed by atoms with van der Waals surface area (Å²) in [6.07, 6.45) is 1.40. The molecule has 1 aromatic rings. The highest BCUT2D eigenvalue weighted by atomic mass is 16.2. The predicted octanol–water partition coefficient (Wildman–Crippen LogP) is -0.413. The van der Waals surface area contributed by atoms with Gasteiger partial charge < -0.3 is 0 Å². The topological polar surface area (TPSA) is 71.9 Å². The summed E-state index contributed by atoms with van der Waals surface area (Å²) in [5, 5.41) is 0. The SMILES string of the molecule is CCC(=O)n1ccc(=O)[nH]c1=O. The molecule has 0 amide bonds. The molecule has 0 saturated carbocycles. The molecule has 0 fully saturated rings. The second-order valence-electron chi connectivity index (χ2n) is 2.23. The number of aromatic amines is 1. The molecule has 5 nitrogen and oxygen atoms in total. The summed E-state index contributed by atoms with van der Waals surface area (Å²) >= 11 is 0. The van der Waals surface area contributed by atoms with Gasteiger partial charge in [-0.3, -0.25) is 14.6 Å². The molecule has 0 bridgehead atoms. The van der Waals surface area contributed by atoms with Crippen molar-refractivity contribution >= 4 is 5.91 Å². The highest BCUT2D eigenvalue weighted by molar-refractivity contribution is 5.78. The Morgan fingerprint density at radius 1 is 1.58 bits per heavy atom. The molecule has 0 radical (unpaired) electrons. The van der Waals surface area contributed by atoms with Gasteiger partial charge >= 0.3 is 5.69 Å². The summed E-state index contributed by atoms with van der Waals surface area (Å²) in [5.74, 6) is -0.337. The van der Waals surface area contributed by atoms with Gasteiger partial charge in [0, 0.05) is 18.7 Å². The molecule has 0 aliphatic heterocycles. The second-order valence-corrected chi connectivity index (χ2v) is 2.23. The maximum absolute atomic E-state index is 11.0. The van der Waals surface area contributed by atoms with Crippen LogP contribution in [0.4, 0.5) is 0 Å². The largest absolute Gasteiger partial charge is 0.335 e. The van der Waals surface area contributed by atoms with Gasteiger partial charge in [0.2, 0.25) is 5.91 Å². The maximum atomic E-state index is 11.0. The number of aromatic nitrogens is 2. The Hall–Kier alpha value is -1.65. The van der Waals surface area contributed by atoms with Crippen molar-refractivity contribution in [3.8, 4) is 0 Å². The fraction of sp³-hybridized carbons (Fsp3) is 0.286. The van der Waals surface area contributed by atoms with E-state index in [-0.39, 0.29) is 12.3 Å². The summed E-state index contributed by atoms with van der Waals surface area (Å²) in [6, 6.07) is 1.13. The zero-order valence-electron chi connectivity index (χ0n) is 6.53. The van der Waals surface area contributed by atoms with Crippen LogP contribution in [-0.4, -0.2) is 15.5 Å². The number of carbonyl (C=O) groups excluding carboxylic acids is 1. The fourth-order valence-electron chi connectivity index (χ4n) is 0.784. The molecule has 64 valence electrons. The first-order valence-corrected chi connectivity index (χ1v) is 3.50. The molecule has 0 atom stereocenters. The summed E-state index contributed by atoms with van der Waals surface area (Å²) < 4.78 is 0.876. The van der Waals surface area contributed by atoms with E-state index < -0.39 is 11.2 Å². The average Bonchev–Trinajstić information content (AvgIpc) is 2.03. The van der Waals surface area contributed by atoms with Gasteiger partial charge in [-0.2, -0.15) is 0 Å². The zero-order chi connectivity index (χ0) is 9.14. The van der Waals surface area contributed by atoms with Gasteiger partial charge in [-0.1, -0.05) is 6.92 Å². The van der Waals surface area contributed by atoms with E-state index in [9.17, 15) is 14.4 Å². The van der Waals surface area contributed by atoms with Crippen LogP contribution in [0, 0.1) is 0 Å². The number of carbonyl (C=O) groups is 1. The van der Waals surface area contributed by atoms with Crippen LogP contribution < -0.4 is 11.2 Å². The highest BCUT2D eigenvalue weighted by Gasteiger charge is 2.02. The van der Waals surface area contributed by atoms with E-state index in [2.05, 4.69) is 0 Å². The maximum Gasteiger partial charge on any atom is 0.335 e. The van der Waals surface area contributed by atoms with Crippen molar-refractivity contribution in [3.63, 3.8) is 0 Å². The Kier molecular flexibility index (Phi) is 2.23. The first-order valence-electron chi connectivity index (χ1n) is 3.50. The molecule has 12 heavy (non-hydrogen) atoms. The third-order valence-electron chi connectivity index (χ3n) is 1.40. The minimum atomic E-state index is -0.686. The van der Waals surface area contributed by atoms with Crippen LogP contribution in [0.5, 0.6) is 0 Å². The number of nitrogens with zero attached hydrogens (tertiary/aromatic N) is 1. The predicted molar refractivity (Wildman–Crippen MR) is 42.2 cm³/mol. The normalized spacial score (nSPS) is 9.75. The Morgan fingerprint density at radius 3 is 2.75 bits per heavy atom. The van der Waals surface area contributed by atoms with Gasteiger partial charge in [0.15, 0.2) is 0 Å². The van der Waals surface area contributed by atoms with Gasteiger partial charge in [0.05, 0.1) is 0 Å². The van der Waals surface area contributed by atoms with Crippen molar-refractivity contribution in [3.05, 3.63) is 33.1 Å². The third kappa shape index (κ3) is 1.50. The van der Waals surface area contributed by atoms with E-state index in [1.165, 1.54) is 6.20 Å². The van der Waals surface area contributed by atoms with E-state index >= 15 is 0 Å². The standard InChI is InChI=1S/C7H8N2O3/c1-2-6(11)9-4-3-5(10)8-7(9)12/h3-4H,2H2,1H3,(H,8,10,12). The smallest absolute Gasteiger partial charge is 0.274 e. The molecule has 1 N–H and O–H groups in total. The van der Waals surface area contributed by atoms with Gasteiger partial charge in [-0.15, -0.1) is 0 Å². The average molecular weight is 168 g/mol. The van der Waals surface area contributed by atoms with E-state index in [1.807, 2.05) is 4.98 Å². The van der Waals surface area contributed by atoms with E-state index in [4.69, 9.17) is 0 Å². The van der Waals surface area contributed by atoms with Crippen molar-refractivity contribution in [2.45, 2.75) is 13.3 Å². The lowest BCUT2D eigenvalue weighted by Gasteiger charge is -1.98. The van der Waals surface area contributed by atoms with Gasteiger partial charge in [0.1, 0.15) is 0 Å². The lowest BCUT2D eigenvalue weighted by molar-refractivity contribution is 0.0902. The van der Waals surface area contributed by atoms with Gasteiger partial charge in [0.25, 0.3) is 5.56 Å². The quantitative estimate of drug-likeness (QED) is 0.619. The summed E-state index contributed by atoms with van der Waals surface area (Å²) in [5.41, 5.74) is -1.19. The molecule has 0 aliphatic carbocycles.